The van der Waals surface area contributed by atoms with Crippen molar-refractivity contribution >= 4 is 32.7 Å². The predicted octanol–water partition coefficient (Wildman–Crippen LogP) is 4.19. The first kappa shape index (κ1) is 10.5. The van der Waals surface area contributed by atoms with Crippen LogP contribution in [0, 0.1) is 0 Å². The van der Waals surface area contributed by atoms with Crippen molar-refractivity contribution in [1.82, 2.24) is 0 Å². The molecule has 0 aliphatic rings. The van der Waals surface area contributed by atoms with E-state index in [4.69, 9.17) is 13.9 Å². The van der Waals surface area contributed by atoms with Crippen LogP contribution in [0.25, 0.3) is 32.7 Å². The van der Waals surface area contributed by atoms with Crippen LogP contribution in [-0.4, -0.2) is 14.2 Å². The highest BCUT2D eigenvalue weighted by molar-refractivity contribution is 6.23. The lowest BCUT2D eigenvalue weighted by Gasteiger charge is -2.04. The highest BCUT2D eigenvalue weighted by Gasteiger charge is 2.18. The zero-order valence-corrected chi connectivity index (χ0v) is 10.7. The summed E-state index contributed by atoms with van der Waals surface area (Å²) in [7, 11) is 3.31. The van der Waals surface area contributed by atoms with E-state index in [1.54, 1.807) is 14.2 Å². The lowest BCUT2D eigenvalue weighted by molar-refractivity contribution is 0.404. The third kappa shape index (κ3) is 1.22. The van der Waals surface area contributed by atoms with Gasteiger partial charge in [0.25, 0.3) is 0 Å². The summed E-state index contributed by atoms with van der Waals surface area (Å²) in [6.07, 6.45) is 0. The van der Waals surface area contributed by atoms with Crippen molar-refractivity contribution in [1.29, 1.82) is 0 Å². The molecular formula is C16H12O3. The van der Waals surface area contributed by atoms with Gasteiger partial charge in [0.2, 0.25) is 0 Å². The van der Waals surface area contributed by atoms with Crippen LogP contribution in [0.2, 0.25) is 0 Å². The summed E-state index contributed by atoms with van der Waals surface area (Å²) in [5.74, 6) is 1.50. The van der Waals surface area contributed by atoms with Crippen LogP contribution in [0.15, 0.2) is 40.8 Å². The van der Waals surface area contributed by atoms with Gasteiger partial charge in [-0.2, -0.15) is 0 Å². The van der Waals surface area contributed by atoms with Crippen LogP contribution < -0.4 is 9.47 Å². The van der Waals surface area contributed by atoms with Gasteiger partial charge in [-0.1, -0.05) is 24.3 Å². The van der Waals surface area contributed by atoms with Crippen LogP contribution in [0.5, 0.6) is 11.5 Å². The lowest BCUT2D eigenvalue weighted by atomic mass is 10.0. The maximum atomic E-state index is 6.01. The quantitative estimate of drug-likeness (QED) is 0.501. The molecule has 0 radical (unpaired) electrons. The number of methoxy groups -OCH3 is 2. The van der Waals surface area contributed by atoms with Crippen molar-refractivity contribution < 1.29 is 13.9 Å². The van der Waals surface area contributed by atoms with E-state index in [0.717, 1.165) is 44.2 Å². The van der Waals surface area contributed by atoms with E-state index < -0.39 is 0 Å². The van der Waals surface area contributed by atoms with Gasteiger partial charge >= 0.3 is 0 Å². The van der Waals surface area contributed by atoms with E-state index in [0.29, 0.717) is 0 Å². The van der Waals surface area contributed by atoms with Crippen LogP contribution in [0.4, 0.5) is 0 Å². The minimum absolute atomic E-state index is 0.748. The summed E-state index contributed by atoms with van der Waals surface area (Å²) in [5.41, 5.74) is 1.57. The highest BCUT2D eigenvalue weighted by atomic mass is 16.5. The Morgan fingerprint density at radius 3 is 1.53 bits per heavy atom. The zero-order valence-electron chi connectivity index (χ0n) is 10.7. The van der Waals surface area contributed by atoms with Crippen LogP contribution in [-0.2, 0) is 0 Å². The van der Waals surface area contributed by atoms with Crippen molar-refractivity contribution in [3.63, 3.8) is 0 Å². The number of benzene rings is 3. The van der Waals surface area contributed by atoms with E-state index in [-0.39, 0.29) is 0 Å². The molecule has 19 heavy (non-hydrogen) atoms. The predicted molar refractivity (Wildman–Crippen MR) is 75.5 cm³/mol. The number of ether oxygens (including phenoxy) is 2. The highest BCUT2D eigenvalue weighted by Crippen LogP contribution is 2.43. The molecule has 4 aromatic rings. The van der Waals surface area contributed by atoms with Gasteiger partial charge in [0.15, 0.2) is 22.7 Å². The SMILES string of the molecule is COc1ccc2ccc3ccc(OC)c4oc1c2c34. The number of furan rings is 1. The van der Waals surface area contributed by atoms with Gasteiger partial charge in [-0.25, -0.2) is 0 Å². The maximum absolute atomic E-state index is 6.01. The Balaban J connectivity index is 2.35. The standard InChI is InChI=1S/C16H12O3/c1-17-11-7-5-9-3-4-10-6-8-12(18-2)16-14(10)13(9)15(11)19-16/h3-8H,1-2H3. The summed E-state index contributed by atoms with van der Waals surface area (Å²) < 4.78 is 16.8. The topological polar surface area (TPSA) is 31.6 Å². The Labute approximate surface area is 109 Å². The Morgan fingerprint density at radius 2 is 1.11 bits per heavy atom. The van der Waals surface area contributed by atoms with E-state index in [2.05, 4.69) is 24.3 Å². The van der Waals surface area contributed by atoms with Crippen molar-refractivity contribution in [3.8, 4) is 11.5 Å². The molecule has 0 aliphatic heterocycles. The zero-order chi connectivity index (χ0) is 13.0. The Hall–Kier alpha value is -2.42. The molecule has 3 nitrogen and oxygen atoms in total. The average Bonchev–Trinajstić information content (AvgIpc) is 2.86. The number of hydrogen-bond donors (Lipinski definition) is 0. The molecule has 0 atom stereocenters. The molecule has 4 rings (SSSR count). The maximum Gasteiger partial charge on any atom is 0.178 e. The largest absolute Gasteiger partial charge is 0.493 e. The smallest absolute Gasteiger partial charge is 0.178 e. The molecular weight excluding hydrogens is 240 g/mol. The van der Waals surface area contributed by atoms with Gasteiger partial charge in [-0.05, 0) is 22.9 Å². The van der Waals surface area contributed by atoms with Crippen LogP contribution >= 0.6 is 0 Å². The molecule has 0 amide bonds. The average molecular weight is 252 g/mol. The molecule has 0 spiro atoms. The summed E-state index contributed by atoms with van der Waals surface area (Å²) >= 11 is 0. The molecule has 1 aromatic heterocycles. The van der Waals surface area contributed by atoms with Crippen molar-refractivity contribution in [2.24, 2.45) is 0 Å². The normalized spacial score (nSPS) is 11.7. The molecule has 0 aliphatic carbocycles. The second kappa shape index (κ2) is 3.54. The van der Waals surface area contributed by atoms with Gasteiger partial charge in [0, 0.05) is 10.8 Å². The van der Waals surface area contributed by atoms with E-state index in [1.165, 1.54) is 0 Å². The lowest BCUT2D eigenvalue weighted by Crippen LogP contribution is -1.84. The molecule has 3 heteroatoms. The van der Waals surface area contributed by atoms with Crippen LogP contribution in [0.1, 0.15) is 0 Å². The van der Waals surface area contributed by atoms with Crippen molar-refractivity contribution in [2.75, 3.05) is 14.2 Å². The fraction of sp³-hybridized carbons (Fsp3) is 0.125. The van der Waals surface area contributed by atoms with Crippen molar-refractivity contribution in [2.45, 2.75) is 0 Å². The van der Waals surface area contributed by atoms with Gasteiger partial charge in [-0.15, -0.1) is 0 Å². The van der Waals surface area contributed by atoms with Gasteiger partial charge in [0.05, 0.1) is 14.2 Å². The molecule has 0 N–H and O–H groups in total. The molecule has 0 saturated carbocycles. The number of rotatable bonds is 2. The van der Waals surface area contributed by atoms with E-state index in [1.807, 2.05) is 12.1 Å². The van der Waals surface area contributed by atoms with Gasteiger partial charge < -0.3 is 13.9 Å². The number of hydrogen-bond acceptors (Lipinski definition) is 3. The molecule has 1 heterocycles. The first-order chi connectivity index (χ1) is 9.33. The molecule has 0 bridgehead atoms. The minimum atomic E-state index is 0.748. The second-order valence-electron chi connectivity index (χ2n) is 4.56. The minimum Gasteiger partial charge on any atom is -0.493 e. The molecule has 94 valence electrons. The summed E-state index contributed by atoms with van der Waals surface area (Å²) in [6.45, 7) is 0. The third-order valence-electron chi connectivity index (χ3n) is 3.64. The van der Waals surface area contributed by atoms with E-state index in [9.17, 15) is 0 Å². The van der Waals surface area contributed by atoms with Crippen molar-refractivity contribution in [3.05, 3.63) is 36.4 Å². The molecule has 0 fully saturated rings. The van der Waals surface area contributed by atoms with Gasteiger partial charge in [-0.3, -0.25) is 0 Å². The monoisotopic (exact) mass is 252 g/mol. The second-order valence-corrected chi connectivity index (χ2v) is 4.56. The third-order valence-corrected chi connectivity index (χ3v) is 3.64. The summed E-state index contributed by atoms with van der Waals surface area (Å²) in [5, 5.41) is 4.50. The van der Waals surface area contributed by atoms with Crippen LogP contribution in [0.3, 0.4) is 0 Å². The molecule has 0 saturated heterocycles. The molecule has 0 unspecified atom stereocenters. The Morgan fingerprint density at radius 1 is 0.684 bits per heavy atom. The fourth-order valence-corrected chi connectivity index (χ4v) is 2.76. The Kier molecular flexibility index (Phi) is 1.96. The summed E-state index contributed by atoms with van der Waals surface area (Å²) in [4.78, 5) is 0. The van der Waals surface area contributed by atoms with E-state index >= 15 is 0 Å². The first-order valence-electron chi connectivity index (χ1n) is 6.12. The fourth-order valence-electron chi connectivity index (χ4n) is 2.76. The van der Waals surface area contributed by atoms with Gasteiger partial charge in [0.1, 0.15) is 0 Å². The Bertz CT molecular complexity index is 816. The first-order valence-corrected chi connectivity index (χ1v) is 6.12. The molecule has 3 aromatic carbocycles. The summed E-state index contributed by atoms with van der Waals surface area (Å²) in [6, 6.07) is 12.2.